The van der Waals surface area contributed by atoms with Crippen molar-refractivity contribution in [1.29, 1.82) is 0 Å². The average Bonchev–Trinajstić information content (AvgIpc) is 2.66. The molecule has 0 amide bonds. The van der Waals surface area contributed by atoms with Gasteiger partial charge in [0, 0.05) is 18.7 Å². The van der Waals surface area contributed by atoms with Crippen LogP contribution in [0.3, 0.4) is 0 Å². The molecule has 1 atom stereocenters. The smallest absolute Gasteiger partial charge is 0.109 e. The van der Waals surface area contributed by atoms with E-state index >= 15 is 0 Å². The van der Waals surface area contributed by atoms with Crippen molar-refractivity contribution in [2.45, 2.75) is 40.7 Å². The first-order valence-electron chi connectivity index (χ1n) is 6.77. The molecule has 3 heteroatoms. The Morgan fingerprint density at radius 1 is 1.28 bits per heavy atom. The van der Waals surface area contributed by atoms with E-state index in [1.807, 2.05) is 12.1 Å². The monoisotopic (exact) mass is 245 g/mol. The Labute approximate surface area is 109 Å². The number of anilines is 1. The van der Waals surface area contributed by atoms with Crippen molar-refractivity contribution in [2.24, 2.45) is 11.8 Å². The molecule has 1 aromatic carbocycles. The Kier molecular flexibility index (Phi) is 3.60. The van der Waals surface area contributed by atoms with E-state index in [0.717, 1.165) is 30.0 Å². The fourth-order valence-electron chi connectivity index (χ4n) is 2.17. The third-order valence-electron chi connectivity index (χ3n) is 3.78. The summed E-state index contributed by atoms with van der Waals surface area (Å²) in [5.41, 5.74) is 8.83. The second-order valence-electron chi connectivity index (χ2n) is 5.46. The van der Waals surface area contributed by atoms with Crippen LogP contribution in [0.4, 0.5) is 5.69 Å². The van der Waals surface area contributed by atoms with Crippen LogP contribution in [0.1, 0.15) is 33.5 Å². The summed E-state index contributed by atoms with van der Waals surface area (Å²) in [6, 6.07) is 6.01. The molecule has 0 spiro atoms. The number of aryl methyl sites for hydroxylation is 1. The molecule has 98 valence electrons. The van der Waals surface area contributed by atoms with Gasteiger partial charge in [-0.05, 0) is 30.0 Å². The fourth-order valence-corrected chi connectivity index (χ4v) is 2.17. The first-order valence-corrected chi connectivity index (χ1v) is 6.77. The highest BCUT2D eigenvalue weighted by Crippen LogP contribution is 2.22. The Bertz CT molecular complexity index is 540. The lowest BCUT2D eigenvalue weighted by atomic mass is 9.98. The number of imidazole rings is 1. The lowest BCUT2D eigenvalue weighted by Crippen LogP contribution is -2.14. The zero-order valence-electron chi connectivity index (χ0n) is 11.8. The summed E-state index contributed by atoms with van der Waals surface area (Å²) < 4.78 is 2.35. The van der Waals surface area contributed by atoms with E-state index in [1.165, 1.54) is 5.52 Å². The van der Waals surface area contributed by atoms with Gasteiger partial charge in [-0.3, -0.25) is 0 Å². The van der Waals surface area contributed by atoms with Gasteiger partial charge >= 0.3 is 0 Å². The van der Waals surface area contributed by atoms with Gasteiger partial charge in [0.25, 0.3) is 0 Å². The summed E-state index contributed by atoms with van der Waals surface area (Å²) in [6.45, 7) is 10.0. The summed E-state index contributed by atoms with van der Waals surface area (Å²) in [5.74, 6) is 2.48. The fraction of sp³-hybridized carbons (Fsp3) is 0.533. The predicted molar refractivity (Wildman–Crippen MR) is 77.5 cm³/mol. The maximum absolute atomic E-state index is 5.82. The Morgan fingerprint density at radius 2 is 2.00 bits per heavy atom. The van der Waals surface area contributed by atoms with Crippen LogP contribution < -0.4 is 5.73 Å². The molecule has 2 rings (SSSR count). The summed E-state index contributed by atoms with van der Waals surface area (Å²) in [6.07, 6.45) is 0.958. The van der Waals surface area contributed by atoms with Crippen molar-refractivity contribution in [2.75, 3.05) is 5.73 Å². The third kappa shape index (κ3) is 2.35. The van der Waals surface area contributed by atoms with E-state index in [1.54, 1.807) is 0 Å². The van der Waals surface area contributed by atoms with Crippen LogP contribution >= 0.6 is 0 Å². The molecule has 3 nitrogen and oxygen atoms in total. The van der Waals surface area contributed by atoms with Crippen LogP contribution in [0.5, 0.6) is 0 Å². The molecule has 1 aromatic heterocycles. The van der Waals surface area contributed by atoms with E-state index in [9.17, 15) is 0 Å². The molecular formula is C15H23N3. The maximum Gasteiger partial charge on any atom is 0.109 e. The first kappa shape index (κ1) is 12.9. The van der Waals surface area contributed by atoms with Gasteiger partial charge < -0.3 is 10.3 Å². The van der Waals surface area contributed by atoms with Crippen molar-refractivity contribution in [3.05, 3.63) is 24.0 Å². The van der Waals surface area contributed by atoms with E-state index in [4.69, 9.17) is 5.73 Å². The van der Waals surface area contributed by atoms with Gasteiger partial charge in [0.05, 0.1) is 11.0 Å². The second-order valence-corrected chi connectivity index (χ2v) is 5.46. The predicted octanol–water partition coefficient (Wildman–Crippen LogP) is 3.47. The first-order chi connectivity index (χ1) is 8.52. The van der Waals surface area contributed by atoms with Gasteiger partial charge in [0.1, 0.15) is 5.82 Å². The van der Waals surface area contributed by atoms with Crippen LogP contribution in [0.2, 0.25) is 0 Å². The number of nitrogens with zero attached hydrogens (tertiary/aromatic N) is 2. The van der Waals surface area contributed by atoms with Crippen molar-refractivity contribution in [3.63, 3.8) is 0 Å². The molecule has 0 aliphatic rings. The van der Waals surface area contributed by atoms with E-state index in [-0.39, 0.29) is 0 Å². The molecule has 0 fully saturated rings. The van der Waals surface area contributed by atoms with Crippen LogP contribution in [0.25, 0.3) is 11.0 Å². The molecule has 1 heterocycles. The summed E-state index contributed by atoms with van der Waals surface area (Å²) >= 11 is 0. The highest BCUT2D eigenvalue weighted by Gasteiger charge is 2.14. The number of rotatable bonds is 4. The van der Waals surface area contributed by atoms with Gasteiger partial charge in [-0.15, -0.1) is 0 Å². The molecule has 0 aliphatic carbocycles. The molecule has 0 saturated heterocycles. The van der Waals surface area contributed by atoms with Crippen molar-refractivity contribution < 1.29 is 0 Å². The Hall–Kier alpha value is -1.51. The van der Waals surface area contributed by atoms with Crippen molar-refractivity contribution in [3.8, 4) is 0 Å². The molecule has 18 heavy (non-hydrogen) atoms. The number of fused-ring (bicyclic) bond motifs is 1. The highest BCUT2D eigenvalue weighted by atomic mass is 15.1. The van der Waals surface area contributed by atoms with Crippen LogP contribution in [0.15, 0.2) is 18.2 Å². The number of nitrogens with two attached hydrogens (primary N) is 1. The lowest BCUT2D eigenvalue weighted by molar-refractivity contribution is 0.364. The Morgan fingerprint density at radius 3 is 2.61 bits per heavy atom. The lowest BCUT2D eigenvalue weighted by Gasteiger charge is -2.18. The average molecular weight is 245 g/mol. The molecule has 0 aliphatic heterocycles. The van der Waals surface area contributed by atoms with Crippen molar-refractivity contribution in [1.82, 2.24) is 9.55 Å². The number of hydrogen-bond acceptors (Lipinski definition) is 2. The Balaban J connectivity index is 2.47. The van der Waals surface area contributed by atoms with Gasteiger partial charge in [-0.25, -0.2) is 4.98 Å². The zero-order chi connectivity index (χ0) is 13.3. The largest absolute Gasteiger partial charge is 0.399 e. The van der Waals surface area contributed by atoms with Gasteiger partial charge in [0.15, 0.2) is 0 Å². The van der Waals surface area contributed by atoms with Gasteiger partial charge in [-0.2, -0.15) is 0 Å². The summed E-state index contributed by atoms with van der Waals surface area (Å²) in [4.78, 5) is 4.69. The summed E-state index contributed by atoms with van der Waals surface area (Å²) in [7, 11) is 0. The molecule has 0 bridgehead atoms. The van der Waals surface area contributed by atoms with Gasteiger partial charge in [-0.1, -0.05) is 27.7 Å². The van der Waals surface area contributed by atoms with Crippen LogP contribution in [-0.2, 0) is 13.0 Å². The molecule has 0 radical (unpaired) electrons. The molecular weight excluding hydrogens is 222 g/mol. The van der Waals surface area contributed by atoms with Crippen molar-refractivity contribution >= 4 is 16.7 Å². The van der Waals surface area contributed by atoms with Crippen LogP contribution in [0, 0.1) is 11.8 Å². The highest BCUT2D eigenvalue weighted by molar-refractivity contribution is 5.79. The third-order valence-corrected chi connectivity index (χ3v) is 3.78. The van der Waals surface area contributed by atoms with E-state index in [0.29, 0.717) is 11.8 Å². The van der Waals surface area contributed by atoms with E-state index in [2.05, 4.69) is 43.3 Å². The standard InChI is InChI=1S/C15H23N3/c1-5-15-17-13-8-12(16)6-7-14(13)18(15)9-11(4)10(2)3/h6-8,10-11H,5,9,16H2,1-4H3. The van der Waals surface area contributed by atoms with Gasteiger partial charge in [0.2, 0.25) is 0 Å². The second kappa shape index (κ2) is 5.01. The van der Waals surface area contributed by atoms with Crippen LogP contribution in [-0.4, -0.2) is 9.55 Å². The molecule has 1 unspecified atom stereocenters. The molecule has 2 aromatic rings. The maximum atomic E-state index is 5.82. The normalized spacial score (nSPS) is 13.4. The minimum atomic E-state index is 0.644. The number of aromatic nitrogens is 2. The molecule has 2 N–H and O–H groups in total. The number of hydrogen-bond donors (Lipinski definition) is 1. The SMILES string of the molecule is CCc1nc2cc(N)ccc2n1CC(C)C(C)C. The number of benzene rings is 1. The number of nitrogen functional groups attached to an aromatic ring is 1. The quantitative estimate of drug-likeness (QED) is 0.838. The van der Waals surface area contributed by atoms with E-state index < -0.39 is 0 Å². The minimum Gasteiger partial charge on any atom is -0.399 e. The molecule has 0 saturated carbocycles. The topological polar surface area (TPSA) is 43.8 Å². The zero-order valence-corrected chi connectivity index (χ0v) is 11.8. The minimum absolute atomic E-state index is 0.644. The summed E-state index contributed by atoms with van der Waals surface area (Å²) in [5, 5.41) is 0.